The highest BCUT2D eigenvalue weighted by atomic mass is 19.1. The molecule has 0 aliphatic carbocycles. The highest BCUT2D eigenvalue weighted by Gasteiger charge is 2.39. The number of nitrogens with zero attached hydrogens (tertiary/aromatic N) is 1. The number of anilines is 1. The normalized spacial score (nSPS) is 17.4. The van der Waals surface area contributed by atoms with E-state index >= 15 is 0 Å². The molecule has 2 aromatic rings. The number of carbonyl (C=O) groups is 2. The summed E-state index contributed by atoms with van der Waals surface area (Å²) in [5.74, 6) is -0.245. The molecule has 1 heterocycles. The molecular weight excluding hydrogens is 311 g/mol. The van der Waals surface area contributed by atoms with Crippen molar-refractivity contribution in [1.82, 2.24) is 5.32 Å². The van der Waals surface area contributed by atoms with Gasteiger partial charge in [0.2, 0.25) is 5.91 Å². The Morgan fingerprint density at radius 2 is 1.96 bits per heavy atom. The van der Waals surface area contributed by atoms with Gasteiger partial charge in [-0.25, -0.2) is 9.29 Å². The summed E-state index contributed by atoms with van der Waals surface area (Å²) in [6.45, 7) is 0.317. The molecule has 2 aromatic carbocycles. The lowest BCUT2D eigenvalue weighted by Crippen LogP contribution is -2.38. The summed E-state index contributed by atoms with van der Waals surface area (Å²) in [5, 5.41) is 3.02. The van der Waals surface area contributed by atoms with Gasteiger partial charge in [0.25, 0.3) is 5.91 Å². The van der Waals surface area contributed by atoms with Gasteiger partial charge in [-0.1, -0.05) is 12.1 Å². The molecule has 2 amide bonds. The molecule has 5 nitrogen and oxygen atoms in total. The number of ether oxygens (including phenoxy) is 1. The minimum atomic E-state index is -0.608. The van der Waals surface area contributed by atoms with Gasteiger partial charge in [-0.3, -0.25) is 9.59 Å². The quantitative estimate of drug-likeness (QED) is 0.856. The summed E-state index contributed by atoms with van der Waals surface area (Å²) < 4.78 is 18.3. The van der Waals surface area contributed by atoms with Crippen molar-refractivity contribution in [2.75, 3.05) is 12.0 Å². The standard InChI is InChI=1S/C18H17FN2O3/c1-24-15-7-5-14(6-8-15)21-17(22)10-16(18(21)23)20-11-12-3-2-4-13(19)9-12/h2-9,16,20H,10-11H2,1H3/t16-/m0/s1. The molecule has 124 valence electrons. The van der Waals surface area contributed by atoms with Crippen LogP contribution in [0.1, 0.15) is 12.0 Å². The van der Waals surface area contributed by atoms with Crippen LogP contribution in [-0.4, -0.2) is 25.0 Å². The third-order valence-corrected chi connectivity index (χ3v) is 3.92. The van der Waals surface area contributed by atoms with Crippen molar-refractivity contribution >= 4 is 17.5 Å². The van der Waals surface area contributed by atoms with E-state index in [-0.39, 0.29) is 24.1 Å². The Morgan fingerprint density at radius 3 is 2.62 bits per heavy atom. The van der Waals surface area contributed by atoms with E-state index in [2.05, 4.69) is 5.32 Å². The molecule has 24 heavy (non-hydrogen) atoms. The summed E-state index contributed by atoms with van der Waals surface area (Å²) in [5.41, 5.74) is 1.24. The Morgan fingerprint density at radius 1 is 1.21 bits per heavy atom. The van der Waals surface area contributed by atoms with Gasteiger partial charge < -0.3 is 10.1 Å². The number of hydrogen-bond acceptors (Lipinski definition) is 4. The second-order valence-electron chi connectivity index (χ2n) is 5.53. The zero-order chi connectivity index (χ0) is 17.1. The van der Waals surface area contributed by atoms with Crippen molar-refractivity contribution in [3.63, 3.8) is 0 Å². The smallest absolute Gasteiger partial charge is 0.251 e. The van der Waals surface area contributed by atoms with E-state index in [1.54, 1.807) is 43.5 Å². The van der Waals surface area contributed by atoms with E-state index in [4.69, 9.17) is 4.74 Å². The Bertz CT molecular complexity index is 761. The van der Waals surface area contributed by atoms with Gasteiger partial charge in [-0.15, -0.1) is 0 Å². The van der Waals surface area contributed by atoms with E-state index in [1.807, 2.05) is 0 Å². The van der Waals surface area contributed by atoms with E-state index in [9.17, 15) is 14.0 Å². The highest BCUT2D eigenvalue weighted by molar-refractivity contribution is 6.22. The van der Waals surface area contributed by atoms with Crippen LogP contribution in [-0.2, 0) is 16.1 Å². The van der Waals surface area contributed by atoms with Crippen molar-refractivity contribution in [3.8, 4) is 5.75 Å². The number of carbonyl (C=O) groups excluding carboxylic acids is 2. The molecule has 3 rings (SSSR count). The summed E-state index contributed by atoms with van der Waals surface area (Å²) in [6, 6.07) is 12.3. The second-order valence-corrected chi connectivity index (χ2v) is 5.53. The third-order valence-electron chi connectivity index (χ3n) is 3.92. The topological polar surface area (TPSA) is 58.6 Å². The molecule has 0 unspecified atom stereocenters. The van der Waals surface area contributed by atoms with Crippen molar-refractivity contribution < 1.29 is 18.7 Å². The van der Waals surface area contributed by atoms with Crippen LogP contribution in [0.15, 0.2) is 48.5 Å². The number of nitrogens with one attached hydrogen (secondary N) is 1. The van der Waals surface area contributed by atoms with E-state index in [0.29, 0.717) is 18.0 Å². The molecule has 6 heteroatoms. The molecule has 1 fully saturated rings. The lowest BCUT2D eigenvalue weighted by molar-refractivity contribution is -0.121. The SMILES string of the molecule is COc1ccc(N2C(=O)C[C@H](NCc3cccc(F)c3)C2=O)cc1. The summed E-state index contributed by atoms with van der Waals surface area (Å²) in [4.78, 5) is 25.9. The summed E-state index contributed by atoms with van der Waals surface area (Å²) in [7, 11) is 1.55. The lowest BCUT2D eigenvalue weighted by atomic mass is 10.2. The Labute approximate surface area is 139 Å². The summed E-state index contributed by atoms with van der Waals surface area (Å²) >= 11 is 0. The maximum absolute atomic E-state index is 13.2. The molecule has 0 aromatic heterocycles. The molecule has 1 aliphatic heterocycles. The minimum absolute atomic E-state index is 0.0835. The van der Waals surface area contributed by atoms with Crippen molar-refractivity contribution in [2.45, 2.75) is 19.0 Å². The van der Waals surface area contributed by atoms with Crippen LogP contribution in [0.2, 0.25) is 0 Å². The monoisotopic (exact) mass is 328 g/mol. The van der Waals surface area contributed by atoms with Crippen LogP contribution < -0.4 is 15.0 Å². The van der Waals surface area contributed by atoms with Gasteiger partial charge in [-0.05, 0) is 42.0 Å². The minimum Gasteiger partial charge on any atom is -0.497 e. The first-order chi connectivity index (χ1) is 11.6. The number of halogens is 1. The Kier molecular flexibility index (Phi) is 4.57. The van der Waals surface area contributed by atoms with Crippen molar-refractivity contribution in [2.24, 2.45) is 0 Å². The van der Waals surface area contributed by atoms with Gasteiger partial charge in [0.05, 0.1) is 25.3 Å². The number of benzene rings is 2. The molecule has 1 N–H and O–H groups in total. The fourth-order valence-corrected chi connectivity index (χ4v) is 2.68. The van der Waals surface area contributed by atoms with Crippen LogP contribution in [0.4, 0.5) is 10.1 Å². The first-order valence-electron chi connectivity index (χ1n) is 7.57. The maximum atomic E-state index is 13.2. The molecule has 0 saturated carbocycles. The number of methoxy groups -OCH3 is 1. The average molecular weight is 328 g/mol. The van der Waals surface area contributed by atoms with E-state index in [1.165, 1.54) is 17.0 Å². The average Bonchev–Trinajstić information content (AvgIpc) is 2.87. The lowest BCUT2D eigenvalue weighted by Gasteiger charge is -2.16. The van der Waals surface area contributed by atoms with Crippen molar-refractivity contribution in [3.05, 3.63) is 59.9 Å². The molecule has 0 bridgehead atoms. The Hall–Kier alpha value is -2.73. The van der Waals surface area contributed by atoms with E-state index < -0.39 is 6.04 Å². The summed E-state index contributed by atoms with van der Waals surface area (Å²) in [6.07, 6.45) is 0.0835. The number of imide groups is 1. The van der Waals surface area contributed by atoms with Gasteiger partial charge >= 0.3 is 0 Å². The molecular formula is C18H17FN2O3. The number of amides is 2. The fourth-order valence-electron chi connectivity index (χ4n) is 2.68. The molecule has 1 atom stereocenters. The predicted molar refractivity (Wildman–Crippen MR) is 87.1 cm³/mol. The highest BCUT2D eigenvalue weighted by Crippen LogP contribution is 2.25. The molecule has 0 radical (unpaired) electrons. The van der Waals surface area contributed by atoms with Crippen LogP contribution in [0.5, 0.6) is 5.75 Å². The van der Waals surface area contributed by atoms with Crippen LogP contribution >= 0.6 is 0 Å². The Balaban J connectivity index is 1.69. The largest absolute Gasteiger partial charge is 0.497 e. The van der Waals surface area contributed by atoms with Crippen molar-refractivity contribution in [1.29, 1.82) is 0 Å². The van der Waals surface area contributed by atoms with E-state index in [0.717, 1.165) is 5.56 Å². The zero-order valence-electron chi connectivity index (χ0n) is 13.2. The number of hydrogen-bond donors (Lipinski definition) is 1. The van der Waals surface area contributed by atoms with Gasteiger partial charge in [0.1, 0.15) is 11.6 Å². The maximum Gasteiger partial charge on any atom is 0.251 e. The third kappa shape index (κ3) is 3.28. The first-order valence-corrected chi connectivity index (χ1v) is 7.57. The number of rotatable bonds is 5. The zero-order valence-corrected chi connectivity index (χ0v) is 13.2. The van der Waals surface area contributed by atoms with Crippen LogP contribution in [0.3, 0.4) is 0 Å². The molecule has 1 aliphatic rings. The fraction of sp³-hybridized carbons (Fsp3) is 0.222. The predicted octanol–water partition coefficient (Wildman–Crippen LogP) is 2.26. The second kappa shape index (κ2) is 6.80. The molecule has 0 spiro atoms. The van der Waals surface area contributed by atoms with Crippen LogP contribution in [0, 0.1) is 5.82 Å². The van der Waals surface area contributed by atoms with Gasteiger partial charge in [0, 0.05) is 6.54 Å². The van der Waals surface area contributed by atoms with Gasteiger partial charge in [-0.2, -0.15) is 0 Å². The first kappa shape index (κ1) is 16.1. The molecule has 1 saturated heterocycles. The van der Waals surface area contributed by atoms with Gasteiger partial charge in [0.15, 0.2) is 0 Å². The van der Waals surface area contributed by atoms with Crippen LogP contribution in [0.25, 0.3) is 0 Å².